The molecule has 0 fully saturated rings. The van der Waals surface area contributed by atoms with Gasteiger partial charge in [-0.2, -0.15) is 0 Å². The number of Topliss-reactive ketones (excluding diaryl/α,β-unsaturated/α-hetero) is 1. The van der Waals surface area contributed by atoms with Crippen molar-refractivity contribution >= 4 is 45.1 Å². The van der Waals surface area contributed by atoms with Crippen molar-refractivity contribution in [2.24, 2.45) is 11.8 Å². The summed E-state index contributed by atoms with van der Waals surface area (Å²) in [4.78, 5) is 49.8. The summed E-state index contributed by atoms with van der Waals surface area (Å²) in [6.07, 6.45) is 2.22. The lowest BCUT2D eigenvalue weighted by Gasteiger charge is -2.16. The van der Waals surface area contributed by atoms with Gasteiger partial charge in [0.25, 0.3) is 0 Å². The summed E-state index contributed by atoms with van der Waals surface area (Å²) >= 11 is 1.30. The maximum Gasteiger partial charge on any atom is 0.306 e. The maximum absolute atomic E-state index is 12.7. The number of carboxylic acids is 2. The number of nitrogens with zero attached hydrogens (tertiary/aromatic N) is 1. The molecule has 1 aliphatic heterocycles. The first-order valence-corrected chi connectivity index (χ1v) is 15.0. The molecule has 0 radical (unpaired) electrons. The molecule has 0 saturated carbocycles. The van der Waals surface area contributed by atoms with Gasteiger partial charge in [0.05, 0.1) is 37.5 Å². The van der Waals surface area contributed by atoms with Crippen LogP contribution >= 0.6 is 11.3 Å². The van der Waals surface area contributed by atoms with Crippen molar-refractivity contribution in [3.8, 4) is 17.2 Å². The molecule has 2 N–H and O–H groups in total. The van der Waals surface area contributed by atoms with E-state index in [2.05, 4.69) is 6.07 Å². The van der Waals surface area contributed by atoms with Crippen molar-refractivity contribution in [3.63, 3.8) is 0 Å². The van der Waals surface area contributed by atoms with Crippen LogP contribution in [0.4, 0.5) is 0 Å². The van der Waals surface area contributed by atoms with Crippen LogP contribution < -0.4 is 14.2 Å². The largest absolute Gasteiger partial charge is 0.497 e. The lowest BCUT2D eigenvalue weighted by atomic mass is 10.0. The number of carboxylic acid groups (broad SMARTS) is 2. The van der Waals surface area contributed by atoms with Crippen LogP contribution in [0.3, 0.4) is 0 Å². The Labute approximate surface area is 254 Å². The Hall–Kier alpha value is -4.12. The zero-order chi connectivity index (χ0) is 31.3. The van der Waals surface area contributed by atoms with Gasteiger partial charge >= 0.3 is 11.9 Å². The number of ketones is 1. The third-order valence-corrected chi connectivity index (χ3v) is 8.80. The number of hydrogen-bond acceptors (Lipinski definition) is 8. The number of fused-ring (bicyclic) bond motifs is 2. The molecule has 2 heterocycles. The number of carbonyl (C=O) groups excluding carboxylic acids is 2. The average Bonchev–Trinajstić information content (AvgIpc) is 3.60. The normalized spacial score (nSPS) is 13.8. The van der Waals surface area contributed by atoms with Gasteiger partial charge in [0.15, 0.2) is 5.78 Å². The number of aliphatic carboxylic acids is 2. The molecule has 1 aliphatic rings. The lowest BCUT2D eigenvalue weighted by molar-refractivity contribution is -0.145. The van der Waals surface area contributed by atoms with Gasteiger partial charge in [-0.3, -0.25) is 19.2 Å². The number of carbonyl (C=O) groups is 4. The second kappa shape index (κ2) is 13.9. The Morgan fingerprint density at radius 2 is 1.53 bits per heavy atom. The number of rotatable bonds is 15. The van der Waals surface area contributed by atoms with Gasteiger partial charge in [-0.05, 0) is 60.2 Å². The molecule has 43 heavy (non-hydrogen) atoms. The van der Waals surface area contributed by atoms with Gasteiger partial charge in [-0.25, -0.2) is 0 Å². The summed E-state index contributed by atoms with van der Waals surface area (Å²) < 4.78 is 18.0. The monoisotopic (exact) mass is 611 g/mol. The molecule has 0 saturated heterocycles. The van der Waals surface area contributed by atoms with Crippen molar-refractivity contribution in [2.45, 2.75) is 59.0 Å². The number of thiophene rings is 1. The fraction of sp³-hybridized carbons (Fsp3) is 0.438. The van der Waals surface area contributed by atoms with Gasteiger partial charge < -0.3 is 29.3 Å². The number of ether oxygens (including phenoxy) is 3. The lowest BCUT2D eigenvalue weighted by Crippen LogP contribution is -2.28. The first-order valence-electron chi connectivity index (χ1n) is 14.2. The third-order valence-electron chi connectivity index (χ3n) is 7.67. The number of unbranched alkanes of at least 4 members (excludes halogenated alkanes) is 1. The maximum atomic E-state index is 12.7. The molecule has 230 valence electrons. The van der Waals surface area contributed by atoms with Gasteiger partial charge in [-0.1, -0.05) is 13.8 Å². The van der Waals surface area contributed by atoms with Crippen LogP contribution in [0, 0.1) is 11.8 Å². The highest BCUT2D eigenvalue weighted by molar-refractivity contribution is 7.20. The van der Waals surface area contributed by atoms with Crippen LogP contribution in [0.15, 0.2) is 30.3 Å². The number of methoxy groups -OCH3 is 2. The summed E-state index contributed by atoms with van der Waals surface area (Å²) in [5, 5.41) is 19.1. The topological polar surface area (TPSA) is 140 Å². The van der Waals surface area contributed by atoms with Crippen LogP contribution in [-0.4, -0.2) is 59.6 Å². The second-order valence-corrected chi connectivity index (χ2v) is 12.0. The van der Waals surface area contributed by atoms with E-state index in [0.717, 1.165) is 51.8 Å². The predicted octanol–water partition coefficient (Wildman–Crippen LogP) is 5.57. The highest BCUT2D eigenvalue weighted by Crippen LogP contribution is 2.38. The highest BCUT2D eigenvalue weighted by Gasteiger charge is 2.27. The average molecular weight is 612 g/mol. The van der Waals surface area contributed by atoms with E-state index in [9.17, 15) is 19.2 Å². The van der Waals surface area contributed by atoms with Crippen LogP contribution in [-0.2, 0) is 33.9 Å². The van der Waals surface area contributed by atoms with Crippen LogP contribution in [0.1, 0.15) is 65.9 Å². The van der Waals surface area contributed by atoms with E-state index in [0.29, 0.717) is 36.1 Å². The number of hydrogen-bond donors (Lipinski definition) is 2. The summed E-state index contributed by atoms with van der Waals surface area (Å²) in [5.74, 6) is -1.89. The zero-order valence-electron chi connectivity index (χ0n) is 24.8. The highest BCUT2D eigenvalue weighted by atomic mass is 32.1. The Balaban J connectivity index is 1.36. The van der Waals surface area contributed by atoms with Gasteiger partial charge in [-0.15, -0.1) is 11.3 Å². The minimum absolute atomic E-state index is 0.0279. The molecule has 0 bridgehead atoms. The van der Waals surface area contributed by atoms with Crippen molar-refractivity contribution in [3.05, 3.63) is 51.9 Å². The van der Waals surface area contributed by atoms with E-state index < -0.39 is 23.8 Å². The molecule has 11 heteroatoms. The van der Waals surface area contributed by atoms with Crippen molar-refractivity contribution in [1.82, 2.24) is 4.90 Å². The number of benzene rings is 2. The zero-order valence-corrected chi connectivity index (χ0v) is 25.6. The number of aryl methyl sites for hydroxylation is 1. The number of amides is 1. The molecule has 0 spiro atoms. The predicted molar refractivity (Wildman–Crippen MR) is 161 cm³/mol. The SMILES string of the molecule is COc1cc(OCCCCc2cc3c(cc2OC)CN(C(=O)CC(C)C(=O)O)C3)c2cc(C(=O)CC(C)C(=O)O)sc2c1. The first kappa shape index (κ1) is 31.8. The molecule has 2 unspecified atom stereocenters. The molecule has 10 nitrogen and oxygen atoms in total. The fourth-order valence-corrected chi connectivity index (χ4v) is 6.10. The first-order chi connectivity index (χ1) is 20.5. The smallest absolute Gasteiger partial charge is 0.306 e. The van der Waals surface area contributed by atoms with Crippen LogP contribution in [0.25, 0.3) is 10.1 Å². The van der Waals surface area contributed by atoms with E-state index in [4.69, 9.17) is 24.4 Å². The molecule has 1 aromatic heterocycles. The van der Waals surface area contributed by atoms with Gasteiger partial charge in [0, 0.05) is 42.1 Å². The summed E-state index contributed by atoms with van der Waals surface area (Å²) in [6.45, 7) is 4.38. The van der Waals surface area contributed by atoms with E-state index in [-0.39, 0.29) is 24.5 Å². The molecule has 3 aromatic rings. The third kappa shape index (κ3) is 7.64. The molecular formula is C32H37NO9S. The van der Waals surface area contributed by atoms with Crippen molar-refractivity contribution in [1.29, 1.82) is 0 Å². The van der Waals surface area contributed by atoms with E-state index in [1.165, 1.54) is 25.2 Å². The molecule has 2 atom stereocenters. The van der Waals surface area contributed by atoms with Crippen molar-refractivity contribution in [2.75, 3.05) is 20.8 Å². The van der Waals surface area contributed by atoms with E-state index in [1.54, 1.807) is 31.3 Å². The minimum atomic E-state index is -1.00. The Kier molecular flexibility index (Phi) is 10.3. The molecule has 2 aromatic carbocycles. The summed E-state index contributed by atoms with van der Waals surface area (Å²) in [5.41, 5.74) is 3.09. The summed E-state index contributed by atoms with van der Waals surface area (Å²) in [7, 11) is 3.19. The minimum Gasteiger partial charge on any atom is -0.497 e. The Morgan fingerprint density at radius 1 is 0.860 bits per heavy atom. The van der Waals surface area contributed by atoms with Crippen LogP contribution in [0.2, 0.25) is 0 Å². The Bertz CT molecular complexity index is 1530. The molecule has 4 rings (SSSR count). The van der Waals surface area contributed by atoms with E-state index in [1.807, 2.05) is 12.1 Å². The quantitative estimate of drug-likeness (QED) is 0.167. The molecule has 0 aliphatic carbocycles. The summed E-state index contributed by atoms with van der Waals surface area (Å²) in [6, 6.07) is 9.43. The van der Waals surface area contributed by atoms with Crippen LogP contribution in [0.5, 0.6) is 17.2 Å². The Morgan fingerprint density at radius 3 is 2.19 bits per heavy atom. The van der Waals surface area contributed by atoms with Gasteiger partial charge in [0.1, 0.15) is 17.2 Å². The standard InChI is InChI=1S/C32H37NO9S/c1-18(31(36)37)9-25(34)29-15-24-27(13-23(40-3)14-28(24)43-29)42-8-6-5-7-20-11-21-16-33(17-22(21)12-26(20)41-4)30(35)10-19(2)32(38)39/h11-15,18-19H,5-10,16-17H2,1-4H3,(H,36,37)(H,38,39). The van der Waals surface area contributed by atoms with E-state index >= 15 is 0 Å². The second-order valence-electron chi connectivity index (χ2n) is 10.9. The van der Waals surface area contributed by atoms with Crippen molar-refractivity contribution < 1.29 is 43.6 Å². The molecular weight excluding hydrogens is 574 g/mol. The molecule has 1 amide bonds. The fourth-order valence-electron chi connectivity index (χ4n) is 5.04. The van der Waals surface area contributed by atoms with Gasteiger partial charge in [0.2, 0.25) is 5.91 Å².